The number of nitrogens with two attached hydrogens (primary N) is 2. The minimum absolute atomic E-state index is 0.0532. The highest BCUT2D eigenvalue weighted by atomic mass is 32.2. The van der Waals surface area contributed by atoms with E-state index in [0.717, 1.165) is 51.0 Å². The molecule has 0 spiro atoms. The molecule has 0 unspecified atom stereocenters. The first-order valence-electron chi connectivity index (χ1n) is 8.00. The Morgan fingerprint density at radius 1 is 1.29 bits per heavy atom. The number of nitrogen functional groups attached to an aromatic ring is 1. The second-order valence-electron chi connectivity index (χ2n) is 5.83. The number of nitrogens with one attached hydrogen (secondary N) is 1. The van der Waals surface area contributed by atoms with E-state index in [1.54, 1.807) is 26.4 Å². The number of nitrogens with zero attached hydrogens (tertiary/aromatic N) is 1. The fourth-order valence-electron chi connectivity index (χ4n) is 3.00. The first-order valence-corrected chi connectivity index (χ1v) is 8.88. The van der Waals surface area contributed by atoms with Crippen molar-refractivity contribution in [1.29, 1.82) is 0 Å². The fourth-order valence-corrected chi connectivity index (χ4v) is 3.23. The van der Waals surface area contributed by atoms with E-state index in [2.05, 4.69) is 4.72 Å². The SMILES string of the molecule is COc1cc(N)c(C(=O)N2CCC(CCNSN)CC2)cc1OC. The lowest BCUT2D eigenvalue weighted by atomic mass is 9.93. The number of likely N-dealkylation sites (tertiary alicyclic amines) is 1. The smallest absolute Gasteiger partial charge is 0.256 e. The van der Waals surface area contributed by atoms with Gasteiger partial charge in [-0.1, -0.05) is 0 Å². The summed E-state index contributed by atoms with van der Waals surface area (Å²) in [7, 11) is 3.09. The van der Waals surface area contributed by atoms with E-state index in [4.69, 9.17) is 20.3 Å². The van der Waals surface area contributed by atoms with Crippen LogP contribution in [0.2, 0.25) is 0 Å². The summed E-state index contributed by atoms with van der Waals surface area (Å²) in [5, 5.41) is 5.35. The number of ether oxygens (including phenoxy) is 2. The topological polar surface area (TPSA) is 103 Å². The fraction of sp³-hybridized carbons (Fsp3) is 0.562. The van der Waals surface area contributed by atoms with Gasteiger partial charge in [-0.25, -0.2) is 0 Å². The van der Waals surface area contributed by atoms with E-state index >= 15 is 0 Å². The van der Waals surface area contributed by atoms with Crippen molar-refractivity contribution in [2.75, 3.05) is 39.6 Å². The lowest BCUT2D eigenvalue weighted by molar-refractivity contribution is 0.0688. The molecule has 24 heavy (non-hydrogen) atoms. The third-order valence-corrected chi connectivity index (χ3v) is 4.80. The molecule has 8 heteroatoms. The van der Waals surface area contributed by atoms with Gasteiger partial charge in [0.1, 0.15) is 0 Å². The molecule has 1 saturated heterocycles. The summed E-state index contributed by atoms with van der Waals surface area (Å²) >= 11 is 1.15. The second-order valence-corrected chi connectivity index (χ2v) is 6.36. The maximum atomic E-state index is 12.8. The molecule has 1 aromatic rings. The number of carbonyl (C=O) groups is 1. The lowest BCUT2D eigenvalue weighted by Gasteiger charge is -2.32. The predicted molar refractivity (Wildman–Crippen MR) is 97.0 cm³/mol. The molecular formula is C16H26N4O3S. The van der Waals surface area contributed by atoms with Crippen LogP contribution in [-0.2, 0) is 0 Å². The molecular weight excluding hydrogens is 328 g/mol. The Morgan fingerprint density at radius 2 is 1.92 bits per heavy atom. The first-order chi connectivity index (χ1) is 11.6. The molecule has 1 aliphatic heterocycles. The number of anilines is 1. The molecule has 1 amide bonds. The van der Waals surface area contributed by atoms with Crippen molar-refractivity contribution in [2.45, 2.75) is 19.3 Å². The largest absolute Gasteiger partial charge is 0.493 e. The van der Waals surface area contributed by atoms with E-state index in [1.165, 1.54) is 0 Å². The van der Waals surface area contributed by atoms with Gasteiger partial charge >= 0.3 is 0 Å². The van der Waals surface area contributed by atoms with Crippen LogP contribution in [0.4, 0.5) is 5.69 Å². The Labute approximate surface area is 147 Å². The Hall–Kier alpha value is -1.64. The van der Waals surface area contributed by atoms with Gasteiger partial charge in [-0.2, -0.15) is 0 Å². The van der Waals surface area contributed by atoms with Crippen LogP contribution in [0.5, 0.6) is 11.5 Å². The normalized spacial score (nSPS) is 15.4. The number of methoxy groups -OCH3 is 2. The first kappa shape index (κ1) is 18.7. The maximum Gasteiger partial charge on any atom is 0.256 e. The van der Waals surface area contributed by atoms with Gasteiger partial charge in [0.25, 0.3) is 5.91 Å². The van der Waals surface area contributed by atoms with E-state index < -0.39 is 0 Å². The summed E-state index contributed by atoms with van der Waals surface area (Å²) in [6.07, 6.45) is 3.07. The van der Waals surface area contributed by atoms with Gasteiger partial charge < -0.3 is 20.1 Å². The molecule has 2 rings (SSSR count). The zero-order chi connectivity index (χ0) is 17.5. The molecule has 1 fully saturated rings. The van der Waals surface area contributed by atoms with Crippen LogP contribution in [0.3, 0.4) is 0 Å². The summed E-state index contributed by atoms with van der Waals surface area (Å²) in [6, 6.07) is 3.29. The summed E-state index contributed by atoms with van der Waals surface area (Å²) in [5.41, 5.74) is 6.90. The van der Waals surface area contributed by atoms with Crippen molar-refractivity contribution in [3.63, 3.8) is 0 Å². The number of benzene rings is 1. The summed E-state index contributed by atoms with van der Waals surface area (Å²) in [6.45, 7) is 2.38. The number of hydrogen-bond donors (Lipinski definition) is 3. The number of piperidine rings is 1. The van der Waals surface area contributed by atoms with E-state index in [1.807, 2.05) is 4.90 Å². The molecule has 0 aliphatic carbocycles. The van der Waals surface area contributed by atoms with E-state index in [-0.39, 0.29) is 5.91 Å². The maximum absolute atomic E-state index is 12.8. The Kier molecular flexibility index (Phi) is 7.01. The predicted octanol–water partition coefficient (Wildman–Crippen LogP) is 1.64. The zero-order valence-corrected chi connectivity index (χ0v) is 15.0. The molecule has 0 aromatic heterocycles. The molecule has 134 valence electrons. The number of amides is 1. The van der Waals surface area contributed by atoms with Gasteiger partial charge in [-0.05, 0) is 31.2 Å². The van der Waals surface area contributed by atoms with Crippen molar-refractivity contribution in [2.24, 2.45) is 11.1 Å². The van der Waals surface area contributed by atoms with Crippen molar-refractivity contribution in [1.82, 2.24) is 9.62 Å². The average Bonchev–Trinajstić information content (AvgIpc) is 2.61. The summed E-state index contributed by atoms with van der Waals surface area (Å²) < 4.78 is 13.5. The van der Waals surface area contributed by atoms with Crippen LogP contribution in [0.25, 0.3) is 0 Å². The number of rotatable bonds is 7. The highest BCUT2D eigenvalue weighted by Gasteiger charge is 2.25. The number of hydrogen-bond acceptors (Lipinski definition) is 7. The molecule has 0 atom stereocenters. The quantitative estimate of drug-likeness (QED) is 0.388. The van der Waals surface area contributed by atoms with E-state index in [0.29, 0.717) is 28.7 Å². The monoisotopic (exact) mass is 354 g/mol. The van der Waals surface area contributed by atoms with Crippen LogP contribution in [0, 0.1) is 5.92 Å². The molecule has 0 radical (unpaired) electrons. The highest BCUT2D eigenvalue weighted by Crippen LogP contribution is 2.33. The third-order valence-electron chi connectivity index (χ3n) is 4.43. The van der Waals surface area contributed by atoms with Gasteiger partial charge in [0.05, 0.1) is 19.8 Å². The Balaban J connectivity index is 2.00. The highest BCUT2D eigenvalue weighted by molar-refractivity contribution is 7.95. The van der Waals surface area contributed by atoms with Crippen LogP contribution in [-0.4, -0.2) is 44.7 Å². The van der Waals surface area contributed by atoms with Crippen LogP contribution < -0.4 is 25.1 Å². The molecule has 0 saturated carbocycles. The minimum Gasteiger partial charge on any atom is -0.493 e. The minimum atomic E-state index is -0.0532. The van der Waals surface area contributed by atoms with Gasteiger partial charge in [0.15, 0.2) is 11.5 Å². The third kappa shape index (κ3) is 4.46. The molecule has 1 aromatic carbocycles. The van der Waals surface area contributed by atoms with Gasteiger partial charge in [0, 0.05) is 43.5 Å². The van der Waals surface area contributed by atoms with Crippen LogP contribution in [0.15, 0.2) is 12.1 Å². The van der Waals surface area contributed by atoms with Crippen molar-refractivity contribution < 1.29 is 14.3 Å². The van der Waals surface area contributed by atoms with E-state index in [9.17, 15) is 4.79 Å². The van der Waals surface area contributed by atoms with Crippen LogP contribution in [0.1, 0.15) is 29.6 Å². The molecule has 1 aliphatic rings. The lowest BCUT2D eigenvalue weighted by Crippen LogP contribution is -2.39. The second kappa shape index (κ2) is 9.00. The van der Waals surface area contributed by atoms with Crippen molar-refractivity contribution >= 4 is 23.7 Å². The van der Waals surface area contributed by atoms with Gasteiger partial charge in [-0.15, -0.1) is 0 Å². The Bertz CT molecular complexity index is 562. The van der Waals surface area contributed by atoms with Crippen LogP contribution >= 0.6 is 12.1 Å². The van der Waals surface area contributed by atoms with Gasteiger partial charge in [0.2, 0.25) is 0 Å². The van der Waals surface area contributed by atoms with Crippen molar-refractivity contribution in [3.05, 3.63) is 17.7 Å². The molecule has 7 nitrogen and oxygen atoms in total. The van der Waals surface area contributed by atoms with Crippen molar-refractivity contribution in [3.8, 4) is 11.5 Å². The molecule has 1 heterocycles. The standard InChI is InChI=1S/C16H26N4O3S/c1-22-14-9-12(13(17)10-15(14)23-2)16(21)20-7-4-11(5-8-20)3-6-19-24-18/h9-11,19H,3-8,17-18H2,1-2H3. The summed E-state index contributed by atoms with van der Waals surface area (Å²) in [5.74, 6) is 1.60. The van der Waals surface area contributed by atoms with Gasteiger partial charge in [-0.3, -0.25) is 14.7 Å². The molecule has 0 bridgehead atoms. The Morgan fingerprint density at radius 3 is 2.50 bits per heavy atom. The molecule has 5 N–H and O–H groups in total. The number of carbonyl (C=O) groups excluding carboxylic acids is 1. The summed E-state index contributed by atoms with van der Waals surface area (Å²) in [4.78, 5) is 14.6. The average molecular weight is 354 g/mol. The zero-order valence-electron chi connectivity index (χ0n) is 14.2.